The Kier molecular flexibility index (Phi) is 2.71. The predicted molar refractivity (Wildman–Crippen MR) is 97.0 cm³/mol. The SMILES string of the molecule is Cc1ccc2c(n1)oc1cc(-c3ccc4ccccc4n3)ccc12. The molecule has 24 heavy (non-hydrogen) atoms. The number of nitrogens with zero attached hydrogens (tertiary/aromatic N) is 2. The van der Waals surface area contributed by atoms with Gasteiger partial charge in [0.15, 0.2) is 0 Å². The molecule has 0 bridgehead atoms. The Hall–Kier alpha value is -3.20. The van der Waals surface area contributed by atoms with Gasteiger partial charge >= 0.3 is 0 Å². The zero-order valence-electron chi connectivity index (χ0n) is 13.2. The van der Waals surface area contributed by atoms with Crippen LogP contribution in [-0.2, 0) is 0 Å². The summed E-state index contributed by atoms with van der Waals surface area (Å²) < 4.78 is 5.94. The maximum Gasteiger partial charge on any atom is 0.227 e. The zero-order valence-corrected chi connectivity index (χ0v) is 13.2. The first-order chi connectivity index (χ1) is 11.8. The van der Waals surface area contributed by atoms with E-state index in [1.54, 1.807) is 0 Å². The summed E-state index contributed by atoms with van der Waals surface area (Å²) >= 11 is 0. The van der Waals surface area contributed by atoms with Gasteiger partial charge in [0, 0.05) is 27.4 Å². The van der Waals surface area contributed by atoms with E-state index in [2.05, 4.69) is 41.4 Å². The minimum atomic E-state index is 0.689. The summed E-state index contributed by atoms with van der Waals surface area (Å²) in [7, 11) is 0. The molecule has 3 heterocycles. The Morgan fingerprint density at radius 1 is 0.792 bits per heavy atom. The van der Waals surface area contributed by atoms with Gasteiger partial charge in [-0.3, -0.25) is 0 Å². The van der Waals surface area contributed by atoms with E-state index < -0.39 is 0 Å². The van der Waals surface area contributed by atoms with Crippen molar-refractivity contribution in [2.45, 2.75) is 6.92 Å². The lowest BCUT2D eigenvalue weighted by atomic mass is 10.1. The van der Waals surface area contributed by atoms with Gasteiger partial charge < -0.3 is 4.42 Å². The van der Waals surface area contributed by atoms with Crippen molar-refractivity contribution < 1.29 is 4.42 Å². The monoisotopic (exact) mass is 310 g/mol. The normalized spacial score (nSPS) is 11.5. The molecule has 0 saturated carbocycles. The molecule has 3 nitrogen and oxygen atoms in total. The first-order valence-electron chi connectivity index (χ1n) is 7.94. The maximum atomic E-state index is 5.94. The number of hydrogen-bond acceptors (Lipinski definition) is 3. The Morgan fingerprint density at radius 3 is 2.62 bits per heavy atom. The van der Waals surface area contributed by atoms with E-state index >= 15 is 0 Å². The molecule has 0 unspecified atom stereocenters. The highest BCUT2D eigenvalue weighted by molar-refractivity contribution is 6.04. The summed E-state index contributed by atoms with van der Waals surface area (Å²) in [6.07, 6.45) is 0. The van der Waals surface area contributed by atoms with Crippen molar-refractivity contribution in [1.29, 1.82) is 0 Å². The molecule has 0 N–H and O–H groups in total. The predicted octanol–water partition coefficient (Wildman–Crippen LogP) is 5.50. The van der Waals surface area contributed by atoms with E-state index in [0.29, 0.717) is 5.71 Å². The van der Waals surface area contributed by atoms with Gasteiger partial charge in [-0.15, -0.1) is 0 Å². The molecular formula is C21H14N2O. The standard InChI is InChI=1S/C21H14N2O/c1-13-6-9-17-16-10-7-15(12-20(16)24-21(17)22-13)19-11-8-14-4-2-3-5-18(14)23-19/h2-12H,1H3. The second kappa shape index (κ2) is 4.90. The van der Waals surface area contributed by atoms with Crippen LogP contribution in [0.5, 0.6) is 0 Å². The number of furan rings is 1. The van der Waals surface area contributed by atoms with Crippen LogP contribution < -0.4 is 0 Å². The molecular weight excluding hydrogens is 296 g/mol. The molecule has 3 heteroatoms. The number of para-hydroxylation sites is 1. The van der Waals surface area contributed by atoms with Crippen molar-refractivity contribution in [3.63, 3.8) is 0 Å². The molecule has 2 aromatic carbocycles. The van der Waals surface area contributed by atoms with Gasteiger partial charge in [0.1, 0.15) is 5.58 Å². The molecule has 5 aromatic rings. The van der Waals surface area contributed by atoms with Gasteiger partial charge in [0.05, 0.1) is 11.2 Å². The average Bonchev–Trinajstić information content (AvgIpc) is 2.97. The molecule has 114 valence electrons. The fourth-order valence-electron chi connectivity index (χ4n) is 3.14. The highest BCUT2D eigenvalue weighted by Crippen LogP contribution is 2.31. The third kappa shape index (κ3) is 1.98. The summed E-state index contributed by atoms with van der Waals surface area (Å²) in [5.74, 6) is 0. The van der Waals surface area contributed by atoms with Gasteiger partial charge in [0.25, 0.3) is 0 Å². The molecule has 0 fully saturated rings. The Labute approximate surface area is 138 Å². The minimum absolute atomic E-state index is 0.689. The lowest BCUT2D eigenvalue weighted by molar-refractivity contribution is 0.653. The van der Waals surface area contributed by atoms with Crippen LogP contribution in [-0.4, -0.2) is 9.97 Å². The molecule has 0 spiro atoms. The molecule has 0 aliphatic rings. The van der Waals surface area contributed by atoms with Crippen LogP contribution in [0.3, 0.4) is 0 Å². The van der Waals surface area contributed by atoms with Crippen LogP contribution in [0.2, 0.25) is 0 Å². The van der Waals surface area contributed by atoms with Crippen LogP contribution in [0, 0.1) is 6.92 Å². The van der Waals surface area contributed by atoms with Gasteiger partial charge in [0.2, 0.25) is 5.71 Å². The number of pyridine rings is 2. The maximum absolute atomic E-state index is 5.94. The molecule has 0 radical (unpaired) electrons. The zero-order chi connectivity index (χ0) is 16.1. The summed E-state index contributed by atoms with van der Waals surface area (Å²) in [4.78, 5) is 9.24. The first kappa shape index (κ1) is 13.3. The molecule has 0 saturated heterocycles. The van der Waals surface area contributed by atoms with E-state index in [4.69, 9.17) is 9.40 Å². The van der Waals surface area contributed by atoms with E-state index in [1.807, 2.05) is 37.3 Å². The second-order valence-electron chi connectivity index (χ2n) is 6.01. The van der Waals surface area contributed by atoms with Crippen molar-refractivity contribution >= 4 is 33.0 Å². The number of aryl methyl sites for hydroxylation is 1. The topological polar surface area (TPSA) is 38.9 Å². The van der Waals surface area contributed by atoms with Crippen LogP contribution in [0.15, 0.2) is 71.1 Å². The first-order valence-corrected chi connectivity index (χ1v) is 7.94. The second-order valence-corrected chi connectivity index (χ2v) is 6.01. The minimum Gasteiger partial charge on any atom is -0.438 e. The lowest BCUT2D eigenvalue weighted by Crippen LogP contribution is -1.84. The van der Waals surface area contributed by atoms with Gasteiger partial charge in [-0.25, -0.2) is 9.97 Å². The van der Waals surface area contributed by atoms with Crippen molar-refractivity contribution in [2.75, 3.05) is 0 Å². The summed E-state index contributed by atoms with van der Waals surface area (Å²) in [5.41, 5.74) is 5.48. The van der Waals surface area contributed by atoms with E-state index in [0.717, 1.165) is 44.2 Å². The highest BCUT2D eigenvalue weighted by Gasteiger charge is 2.10. The van der Waals surface area contributed by atoms with Crippen LogP contribution in [0.25, 0.3) is 44.2 Å². The Bertz CT molecular complexity index is 1220. The Balaban J connectivity index is 1.72. The van der Waals surface area contributed by atoms with Gasteiger partial charge in [-0.1, -0.05) is 30.3 Å². The Morgan fingerprint density at radius 2 is 1.67 bits per heavy atom. The number of hydrogen-bond donors (Lipinski definition) is 0. The van der Waals surface area contributed by atoms with Crippen molar-refractivity contribution in [2.24, 2.45) is 0 Å². The fourth-order valence-corrected chi connectivity index (χ4v) is 3.14. The largest absolute Gasteiger partial charge is 0.438 e. The number of fused-ring (bicyclic) bond motifs is 4. The lowest BCUT2D eigenvalue weighted by Gasteiger charge is -2.03. The van der Waals surface area contributed by atoms with Gasteiger partial charge in [-0.2, -0.15) is 0 Å². The van der Waals surface area contributed by atoms with E-state index in [-0.39, 0.29) is 0 Å². The number of aromatic nitrogens is 2. The van der Waals surface area contributed by atoms with E-state index in [9.17, 15) is 0 Å². The molecule has 0 aliphatic heterocycles. The van der Waals surface area contributed by atoms with Crippen LogP contribution in [0.1, 0.15) is 5.69 Å². The number of rotatable bonds is 1. The van der Waals surface area contributed by atoms with Crippen molar-refractivity contribution in [3.8, 4) is 11.3 Å². The highest BCUT2D eigenvalue weighted by atomic mass is 16.3. The van der Waals surface area contributed by atoms with Crippen LogP contribution in [0.4, 0.5) is 0 Å². The third-order valence-corrected chi connectivity index (χ3v) is 4.37. The molecule has 0 atom stereocenters. The summed E-state index contributed by atoms with van der Waals surface area (Å²) in [6, 6.07) is 22.6. The van der Waals surface area contributed by atoms with Crippen LogP contribution >= 0.6 is 0 Å². The molecule has 0 amide bonds. The molecule has 5 rings (SSSR count). The number of benzene rings is 2. The fraction of sp³-hybridized carbons (Fsp3) is 0.0476. The smallest absolute Gasteiger partial charge is 0.227 e. The average molecular weight is 310 g/mol. The van der Waals surface area contributed by atoms with Gasteiger partial charge in [-0.05, 0) is 43.3 Å². The van der Waals surface area contributed by atoms with Crippen molar-refractivity contribution in [3.05, 3.63) is 72.4 Å². The van der Waals surface area contributed by atoms with Crippen molar-refractivity contribution in [1.82, 2.24) is 9.97 Å². The third-order valence-electron chi connectivity index (χ3n) is 4.37. The van der Waals surface area contributed by atoms with E-state index in [1.165, 1.54) is 0 Å². The quantitative estimate of drug-likeness (QED) is 0.410. The summed E-state index contributed by atoms with van der Waals surface area (Å²) in [5, 5.41) is 3.28. The molecule has 0 aliphatic carbocycles. The summed E-state index contributed by atoms with van der Waals surface area (Å²) in [6.45, 7) is 1.97. The molecule has 3 aromatic heterocycles.